The largest absolute Gasteiger partial charge is 0.447 e. The van der Waals surface area contributed by atoms with Crippen molar-refractivity contribution in [2.45, 2.75) is 6.54 Å². The second-order valence-corrected chi connectivity index (χ2v) is 3.19. The van der Waals surface area contributed by atoms with E-state index in [0.29, 0.717) is 6.54 Å². The number of aryl methyl sites for hydroxylation is 1. The Bertz CT molecular complexity index is 488. The maximum Gasteiger partial charge on any atom is 0.250 e. The minimum Gasteiger partial charge on any atom is -0.447 e. The first-order valence-electron chi connectivity index (χ1n) is 4.53. The van der Waals surface area contributed by atoms with Crippen molar-refractivity contribution < 1.29 is 4.42 Å². The zero-order valence-corrected chi connectivity index (χ0v) is 8.30. The van der Waals surface area contributed by atoms with Gasteiger partial charge in [-0.05, 0) is 6.07 Å². The number of anilines is 1. The first kappa shape index (κ1) is 9.51. The lowest BCUT2D eigenvalue weighted by atomic mass is 10.4. The van der Waals surface area contributed by atoms with Crippen LogP contribution in [0.25, 0.3) is 0 Å². The van der Waals surface area contributed by atoms with Crippen molar-refractivity contribution in [2.75, 3.05) is 5.32 Å². The maximum atomic E-state index is 11.1. The molecule has 0 saturated carbocycles. The standard InChI is InChI=1S/C10H11N3O2/c1-13-6-8(2-3-10(13)14)12-5-9-4-11-7-15-9/h2-4,6-7,12H,5H2,1H3. The van der Waals surface area contributed by atoms with E-state index in [-0.39, 0.29) is 5.56 Å². The lowest BCUT2D eigenvalue weighted by Gasteiger charge is -2.05. The van der Waals surface area contributed by atoms with E-state index in [2.05, 4.69) is 10.3 Å². The van der Waals surface area contributed by atoms with E-state index >= 15 is 0 Å². The Kier molecular flexibility index (Phi) is 2.53. The second-order valence-electron chi connectivity index (χ2n) is 3.19. The van der Waals surface area contributed by atoms with Gasteiger partial charge in [0.2, 0.25) is 5.56 Å². The molecule has 0 aliphatic carbocycles. The van der Waals surface area contributed by atoms with Crippen LogP contribution in [0.15, 0.2) is 40.1 Å². The number of nitrogens with one attached hydrogen (secondary N) is 1. The van der Waals surface area contributed by atoms with Gasteiger partial charge in [0.1, 0.15) is 5.76 Å². The van der Waals surface area contributed by atoms with Crippen molar-refractivity contribution in [1.82, 2.24) is 9.55 Å². The number of nitrogens with zero attached hydrogens (tertiary/aromatic N) is 2. The van der Waals surface area contributed by atoms with Gasteiger partial charge in [0.15, 0.2) is 6.39 Å². The van der Waals surface area contributed by atoms with Gasteiger partial charge in [0.05, 0.1) is 18.4 Å². The predicted octanol–water partition coefficient (Wildman–Crippen LogP) is 0.985. The minimum atomic E-state index is -0.0276. The summed E-state index contributed by atoms with van der Waals surface area (Å²) in [4.78, 5) is 14.9. The zero-order chi connectivity index (χ0) is 10.7. The Hall–Kier alpha value is -2.04. The third-order valence-electron chi connectivity index (χ3n) is 2.04. The Labute approximate surface area is 86.4 Å². The van der Waals surface area contributed by atoms with E-state index in [1.165, 1.54) is 17.0 Å². The molecule has 1 N–H and O–H groups in total. The number of rotatable bonds is 3. The Morgan fingerprint density at radius 2 is 2.40 bits per heavy atom. The van der Waals surface area contributed by atoms with Crippen molar-refractivity contribution in [1.29, 1.82) is 0 Å². The quantitative estimate of drug-likeness (QED) is 0.811. The Balaban J connectivity index is 2.05. The van der Waals surface area contributed by atoms with Gasteiger partial charge in [-0.3, -0.25) is 4.79 Å². The average molecular weight is 205 g/mol. The summed E-state index contributed by atoms with van der Waals surface area (Å²) in [5.74, 6) is 0.754. The molecule has 5 heteroatoms. The highest BCUT2D eigenvalue weighted by Gasteiger charge is 1.97. The van der Waals surface area contributed by atoms with E-state index in [1.807, 2.05) is 0 Å². The Morgan fingerprint density at radius 3 is 3.07 bits per heavy atom. The summed E-state index contributed by atoms with van der Waals surface area (Å²) in [7, 11) is 1.71. The van der Waals surface area contributed by atoms with Gasteiger partial charge in [-0.2, -0.15) is 0 Å². The fourth-order valence-corrected chi connectivity index (χ4v) is 1.22. The molecular weight excluding hydrogens is 194 g/mol. The second kappa shape index (κ2) is 4.00. The average Bonchev–Trinajstić information content (AvgIpc) is 2.73. The van der Waals surface area contributed by atoms with Crippen LogP contribution in [0.4, 0.5) is 5.69 Å². The molecule has 0 unspecified atom stereocenters. The van der Waals surface area contributed by atoms with Gasteiger partial charge in [0.25, 0.3) is 0 Å². The molecule has 0 fully saturated rings. The molecule has 2 heterocycles. The van der Waals surface area contributed by atoms with Crippen LogP contribution < -0.4 is 10.9 Å². The van der Waals surface area contributed by atoms with Crippen molar-refractivity contribution in [3.63, 3.8) is 0 Å². The van der Waals surface area contributed by atoms with Crippen LogP contribution in [0.5, 0.6) is 0 Å². The lowest BCUT2D eigenvalue weighted by Crippen LogP contribution is -2.15. The normalized spacial score (nSPS) is 10.2. The fourth-order valence-electron chi connectivity index (χ4n) is 1.22. The van der Waals surface area contributed by atoms with Crippen LogP contribution in [0, 0.1) is 0 Å². The molecule has 0 spiro atoms. The summed E-state index contributed by atoms with van der Waals surface area (Å²) < 4.78 is 6.58. The van der Waals surface area contributed by atoms with E-state index in [9.17, 15) is 4.79 Å². The number of hydrogen-bond acceptors (Lipinski definition) is 4. The van der Waals surface area contributed by atoms with Crippen LogP contribution >= 0.6 is 0 Å². The summed E-state index contributed by atoms with van der Waals surface area (Å²) in [5, 5.41) is 3.12. The van der Waals surface area contributed by atoms with Crippen molar-refractivity contribution in [3.05, 3.63) is 47.0 Å². The number of oxazole rings is 1. The molecule has 2 aromatic rings. The number of hydrogen-bond donors (Lipinski definition) is 1. The molecule has 0 aromatic carbocycles. The highest BCUT2D eigenvalue weighted by atomic mass is 16.3. The summed E-state index contributed by atoms with van der Waals surface area (Å²) in [5.41, 5.74) is 0.841. The van der Waals surface area contributed by atoms with E-state index in [0.717, 1.165) is 11.4 Å². The van der Waals surface area contributed by atoms with E-state index in [4.69, 9.17) is 4.42 Å². The van der Waals surface area contributed by atoms with Crippen molar-refractivity contribution >= 4 is 5.69 Å². The molecule has 2 rings (SSSR count). The summed E-state index contributed by atoms with van der Waals surface area (Å²) in [6.07, 6.45) is 4.77. The van der Waals surface area contributed by atoms with Crippen LogP contribution in [0.3, 0.4) is 0 Å². The molecule has 0 amide bonds. The Morgan fingerprint density at radius 1 is 1.53 bits per heavy atom. The van der Waals surface area contributed by atoms with Crippen LogP contribution in [0.1, 0.15) is 5.76 Å². The minimum absolute atomic E-state index is 0.0276. The molecule has 78 valence electrons. The molecule has 15 heavy (non-hydrogen) atoms. The monoisotopic (exact) mass is 205 g/mol. The van der Waals surface area contributed by atoms with Gasteiger partial charge in [-0.25, -0.2) is 4.98 Å². The summed E-state index contributed by atoms with van der Waals surface area (Å²) in [6, 6.07) is 3.25. The molecule has 0 atom stereocenters. The van der Waals surface area contributed by atoms with Crippen molar-refractivity contribution in [2.24, 2.45) is 7.05 Å². The SMILES string of the molecule is Cn1cc(NCc2cnco2)ccc1=O. The van der Waals surface area contributed by atoms with Gasteiger partial charge in [-0.1, -0.05) is 0 Å². The molecular formula is C10H11N3O2. The molecule has 2 aromatic heterocycles. The molecule has 0 aliphatic rings. The number of aromatic nitrogens is 2. The molecule has 0 saturated heterocycles. The molecule has 5 nitrogen and oxygen atoms in total. The first-order valence-corrected chi connectivity index (χ1v) is 4.53. The van der Waals surface area contributed by atoms with Gasteiger partial charge < -0.3 is 14.3 Å². The zero-order valence-electron chi connectivity index (χ0n) is 8.30. The highest BCUT2D eigenvalue weighted by Crippen LogP contribution is 2.05. The molecule has 0 aliphatic heterocycles. The van der Waals surface area contributed by atoms with E-state index < -0.39 is 0 Å². The summed E-state index contributed by atoms with van der Waals surface area (Å²) >= 11 is 0. The van der Waals surface area contributed by atoms with E-state index in [1.54, 1.807) is 25.5 Å². The number of pyridine rings is 1. The van der Waals surface area contributed by atoms with Crippen LogP contribution in [0.2, 0.25) is 0 Å². The summed E-state index contributed by atoms with van der Waals surface area (Å²) in [6.45, 7) is 0.554. The topological polar surface area (TPSA) is 60.1 Å². The molecule has 0 bridgehead atoms. The van der Waals surface area contributed by atoms with Gasteiger partial charge in [0, 0.05) is 19.3 Å². The lowest BCUT2D eigenvalue weighted by molar-refractivity contribution is 0.511. The van der Waals surface area contributed by atoms with Gasteiger partial charge >= 0.3 is 0 Å². The maximum absolute atomic E-state index is 11.1. The third kappa shape index (κ3) is 2.25. The van der Waals surface area contributed by atoms with Crippen LogP contribution in [-0.4, -0.2) is 9.55 Å². The van der Waals surface area contributed by atoms with Gasteiger partial charge in [-0.15, -0.1) is 0 Å². The fraction of sp³-hybridized carbons (Fsp3) is 0.200. The highest BCUT2D eigenvalue weighted by molar-refractivity contribution is 5.40. The first-order chi connectivity index (χ1) is 7.25. The van der Waals surface area contributed by atoms with Crippen molar-refractivity contribution in [3.8, 4) is 0 Å². The predicted molar refractivity (Wildman–Crippen MR) is 55.5 cm³/mol. The smallest absolute Gasteiger partial charge is 0.250 e. The van der Waals surface area contributed by atoms with Crippen LogP contribution in [-0.2, 0) is 13.6 Å². The molecule has 0 radical (unpaired) electrons. The third-order valence-corrected chi connectivity index (χ3v) is 2.04.